The van der Waals surface area contributed by atoms with Crippen LogP contribution in [0.5, 0.6) is 0 Å². The summed E-state index contributed by atoms with van der Waals surface area (Å²) >= 11 is 0. The SMILES string of the molecule is O=C(NC(CC1CCCCC1)c1ncc(-c2ccccc2)[nH]1)OCc1ccccc1. The van der Waals surface area contributed by atoms with Gasteiger partial charge in [-0.2, -0.15) is 0 Å². The Kier molecular flexibility index (Phi) is 6.80. The van der Waals surface area contributed by atoms with Crippen LogP contribution < -0.4 is 5.32 Å². The number of nitrogens with zero attached hydrogens (tertiary/aromatic N) is 1. The number of rotatable bonds is 7. The van der Waals surface area contributed by atoms with Gasteiger partial charge in [-0.15, -0.1) is 0 Å². The zero-order chi connectivity index (χ0) is 20.6. The minimum Gasteiger partial charge on any atom is -0.445 e. The van der Waals surface area contributed by atoms with Gasteiger partial charge in [-0.3, -0.25) is 0 Å². The Labute approximate surface area is 177 Å². The van der Waals surface area contributed by atoms with Gasteiger partial charge in [-0.25, -0.2) is 9.78 Å². The molecule has 5 nitrogen and oxygen atoms in total. The number of hydrogen-bond donors (Lipinski definition) is 2. The third-order valence-corrected chi connectivity index (χ3v) is 5.81. The van der Waals surface area contributed by atoms with Crippen LogP contribution in [-0.4, -0.2) is 16.1 Å². The van der Waals surface area contributed by atoms with Gasteiger partial charge in [0.25, 0.3) is 0 Å². The summed E-state index contributed by atoms with van der Waals surface area (Å²) in [5.74, 6) is 1.39. The maximum atomic E-state index is 12.5. The van der Waals surface area contributed by atoms with E-state index < -0.39 is 6.09 Å². The number of alkyl carbamates (subject to hydrolysis) is 1. The van der Waals surface area contributed by atoms with Gasteiger partial charge in [-0.05, 0) is 23.5 Å². The first-order valence-corrected chi connectivity index (χ1v) is 10.9. The lowest BCUT2D eigenvalue weighted by molar-refractivity contribution is 0.132. The van der Waals surface area contributed by atoms with Gasteiger partial charge in [0.15, 0.2) is 0 Å². The van der Waals surface area contributed by atoms with E-state index in [4.69, 9.17) is 4.74 Å². The number of nitrogens with one attached hydrogen (secondary N) is 2. The van der Waals surface area contributed by atoms with E-state index in [1.807, 2.05) is 54.7 Å². The maximum absolute atomic E-state index is 12.5. The molecule has 30 heavy (non-hydrogen) atoms. The molecule has 1 atom stereocenters. The highest BCUT2D eigenvalue weighted by atomic mass is 16.5. The molecule has 1 saturated carbocycles. The molecule has 156 valence electrons. The van der Waals surface area contributed by atoms with Crippen molar-refractivity contribution in [3.05, 3.63) is 78.2 Å². The number of carbonyl (C=O) groups excluding carboxylic acids is 1. The summed E-state index contributed by atoms with van der Waals surface area (Å²) in [5.41, 5.74) is 3.01. The predicted octanol–water partition coefficient (Wildman–Crippen LogP) is 6.01. The van der Waals surface area contributed by atoms with E-state index in [0.717, 1.165) is 29.1 Å². The molecule has 2 N–H and O–H groups in total. The van der Waals surface area contributed by atoms with E-state index in [0.29, 0.717) is 5.92 Å². The molecule has 4 rings (SSSR count). The number of ether oxygens (including phenoxy) is 1. The highest BCUT2D eigenvalue weighted by molar-refractivity contribution is 5.68. The quantitative estimate of drug-likeness (QED) is 0.507. The molecule has 1 aliphatic rings. The molecule has 1 aliphatic carbocycles. The zero-order valence-corrected chi connectivity index (χ0v) is 17.2. The summed E-state index contributed by atoms with van der Waals surface area (Å²) < 4.78 is 5.47. The molecule has 5 heteroatoms. The normalized spacial score (nSPS) is 15.5. The Balaban J connectivity index is 1.45. The van der Waals surface area contributed by atoms with Gasteiger partial charge in [0.2, 0.25) is 0 Å². The van der Waals surface area contributed by atoms with Gasteiger partial charge < -0.3 is 15.0 Å². The molecule has 0 aliphatic heterocycles. The number of hydrogen-bond acceptors (Lipinski definition) is 3. The van der Waals surface area contributed by atoms with Crippen LogP contribution in [-0.2, 0) is 11.3 Å². The summed E-state index contributed by atoms with van der Waals surface area (Å²) in [4.78, 5) is 20.6. The molecule has 0 bridgehead atoms. The smallest absolute Gasteiger partial charge is 0.408 e. The van der Waals surface area contributed by atoms with Gasteiger partial charge in [0, 0.05) is 0 Å². The highest BCUT2D eigenvalue weighted by Crippen LogP contribution is 2.32. The van der Waals surface area contributed by atoms with Crippen LogP contribution in [0, 0.1) is 5.92 Å². The van der Waals surface area contributed by atoms with Gasteiger partial charge in [0.05, 0.1) is 17.9 Å². The lowest BCUT2D eigenvalue weighted by Crippen LogP contribution is -2.31. The van der Waals surface area contributed by atoms with Crippen LogP contribution in [0.4, 0.5) is 4.79 Å². The van der Waals surface area contributed by atoms with Crippen LogP contribution >= 0.6 is 0 Å². The maximum Gasteiger partial charge on any atom is 0.408 e. The van der Waals surface area contributed by atoms with E-state index in [1.165, 1.54) is 32.1 Å². The minimum absolute atomic E-state index is 0.186. The Bertz CT molecular complexity index is 918. The van der Waals surface area contributed by atoms with Crippen molar-refractivity contribution in [1.29, 1.82) is 0 Å². The second-order valence-corrected chi connectivity index (χ2v) is 8.05. The van der Waals surface area contributed by atoms with E-state index in [2.05, 4.69) is 27.4 Å². The summed E-state index contributed by atoms with van der Waals surface area (Å²) in [6.45, 7) is 0.260. The molecule has 1 heterocycles. The molecule has 0 radical (unpaired) electrons. The van der Waals surface area contributed by atoms with Crippen molar-refractivity contribution in [2.24, 2.45) is 5.92 Å². The molecule has 3 aromatic rings. The lowest BCUT2D eigenvalue weighted by Gasteiger charge is -2.26. The van der Waals surface area contributed by atoms with Gasteiger partial charge in [0.1, 0.15) is 12.4 Å². The average Bonchev–Trinajstić information content (AvgIpc) is 3.30. The Hall–Kier alpha value is -3.08. The molecule has 2 aromatic carbocycles. The minimum atomic E-state index is -0.405. The standard InChI is InChI=1S/C25H29N3O2/c29-25(30-18-20-12-6-2-7-13-20)28-22(16-19-10-4-1-5-11-19)24-26-17-23(27-24)21-14-8-3-9-15-21/h2-3,6-9,12-15,17,19,22H,1,4-5,10-11,16,18H2,(H,26,27)(H,28,29). The number of imidazole rings is 1. The lowest BCUT2D eigenvalue weighted by atomic mass is 9.84. The van der Waals surface area contributed by atoms with E-state index >= 15 is 0 Å². The van der Waals surface area contributed by atoms with E-state index in [-0.39, 0.29) is 12.6 Å². The first-order chi connectivity index (χ1) is 14.8. The Morgan fingerprint density at radius 2 is 1.73 bits per heavy atom. The largest absolute Gasteiger partial charge is 0.445 e. The monoisotopic (exact) mass is 403 g/mol. The van der Waals surface area contributed by atoms with Crippen LogP contribution in [0.25, 0.3) is 11.3 Å². The predicted molar refractivity (Wildman–Crippen MR) is 118 cm³/mol. The number of benzene rings is 2. The molecule has 0 spiro atoms. The molecular weight excluding hydrogens is 374 g/mol. The van der Waals surface area contributed by atoms with Gasteiger partial charge >= 0.3 is 6.09 Å². The number of aromatic nitrogens is 2. The van der Waals surface area contributed by atoms with Crippen molar-refractivity contribution in [3.8, 4) is 11.3 Å². The zero-order valence-electron chi connectivity index (χ0n) is 17.2. The molecule has 1 amide bonds. The number of aromatic amines is 1. The number of H-pyrrole nitrogens is 1. The first kappa shape index (κ1) is 20.2. The molecule has 1 unspecified atom stereocenters. The van der Waals surface area contributed by atoms with Crippen molar-refractivity contribution in [1.82, 2.24) is 15.3 Å². The average molecular weight is 404 g/mol. The van der Waals surface area contributed by atoms with Crippen LogP contribution in [0.1, 0.15) is 56.0 Å². The highest BCUT2D eigenvalue weighted by Gasteiger charge is 2.24. The van der Waals surface area contributed by atoms with Gasteiger partial charge in [-0.1, -0.05) is 92.8 Å². The topological polar surface area (TPSA) is 67.0 Å². The summed E-state index contributed by atoms with van der Waals surface area (Å²) in [5, 5.41) is 3.06. The summed E-state index contributed by atoms with van der Waals surface area (Å²) in [6, 6.07) is 19.7. The second-order valence-electron chi connectivity index (χ2n) is 8.05. The summed E-state index contributed by atoms with van der Waals surface area (Å²) in [7, 11) is 0. The fourth-order valence-corrected chi connectivity index (χ4v) is 4.18. The third-order valence-electron chi connectivity index (χ3n) is 5.81. The van der Waals surface area contributed by atoms with E-state index in [1.54, 1.807) is 0 Å². The fraction of sp³-hybridized carbons (Fsp3) is 0.360. The first-order valence-electron chi connectivity index (χ1n) is 10.9. The third kappa shape index (κ3) is 5.50. The van der Waals surface area contributed by atoms with Crippen molar-refractivity contribution in [3.63, 3.8) is 0 Å². The van der Waals surface area contributed by atoms with Crippen LogP contribution in [0.2, 0.25) is 0 Å². The Morgan fingerprint density at radius 3 is 2.47 bits per heavy atom. The van der Waals surface area contributed by atoms with Crippen molar-refractivity contribution in [2.75, 3.05) is 0 Å². The summed E-state index contributed by atoms with van der Waals surface area (Å²) in [6.07, 6.45) is 8.58. The number of carbonyl (C=O) groups is 1. The molecule has 1 aromatic heterocycles. The fourth-order valence-electron chi connectivity index (χ4n) is 4.18. The van der Waals surface area contributed by atoms with Crippen molar-refractivity contribution >= 4 is 6.09 Å². The van der Waals surface area contributed by atoms with Crippen molar-refractivity contribution in [2.45, 2.75) is 51.2 Å². The second kappa shape index (κ2) is 10.1. The molecule has 1 fully saturated rings. The Morgan fingerprint density at radius 1 is 1.03 bits per heavy atom. The van der Waals surface area contributed by atoms with Crippen LogP contribution in [0.3, 0.4) is 0 Å². The van der Waals surface area contributed by atoms with E-state index in [9.17, 15) is 4.79 Å². The molecule has 0 saturated heterocycles. The van der Waals surface area contributed by atoms with Crippen molar-refractivity contribution < 1.29 is 9.53 Å². The van der Waals surface area contributed by atoms with Crippen LogP contribution in [0.15, 0.2) is 66.9 Å². The molecular formula is C25H29N3O2. The number of amides is 1.